The van der Waals surface area contributed by atoms with Crippen LogP contribution in [0.3, 0.4) is 0 Å². The summed E-state index contributed by atoms with van der Waals surface area (Å²) in [5, 5.41) is 8.68. The molecule has 86 valence electrons. The second-order valence-corrected chi connectivity index (χ2v) is 4.43. The molecule has 1 unspecified atom stereocenters. The van der Waals surface area contributed by atoms with Gasteiger partial charge in [0.2, 0.25) is 5.91 Å². The van der Waals surface area contributed by atoms with Crippen LogP contribution >= 0.6 is 0 Å². The Kier molecular flexibility index (Phi) is 6.50. The Morgan fingerprint density at radius 1 is 1.53 bits per heavy atom. The molecule has 0 fully saturated rings. The molecule has 0 radical (unpaired) electrons. The van der Waals surface area contributed by atoms with Gasteiger partial charge < -0.3 is 7.16 Å². The van der Waals surface area contributed by atoms with Crippen molar-refractivity contribution >= 4 is 16.0 Å². The predicted octanol–water partition coefficient (Wildman–Crippen LogP) is -2.86. The number of nitrogens with two attached hydrogens (primary N) is 1. The average Bonchev–Trinajstić information content (AvgIpc) is 2.17. The number of primary amides is 1. The van der Waals surface area contributed by atoms with Crippen LogP contribution in [0.25, 0.3) is 0 Å². The third kappa shape index (κ3) is 4.48. The molecular formula is C9H9KN2O4S. The molecule has 1 amide bonds. The van der Waals surface area contributed by atoms with E-state index in [-0.39, 0.29) is 63.3 Å². The summed E-state index contributed by atoms with van der Waals surface area (Å²) in [4.78, 5) is 10.5. The fraction of sp³-hybridized carbons (Fsp3) is 0.111. The van der Waals surface area contributed by atoms with Crippen LogP contribution < -0.4 is 57.1 Å². The van der Waals surface area contributed by atoms with E-state index < -0.39 is 21.9 Å². The second-order valence-electron chi connectivity index (χ2n) is 3.01. The maximum absolute atomic E-state index is 10.9. The first-order valence-electron chi connectivity index (χ1n) is 4.12. The van der Waals surface area contributed by atoms with Crippen molar-refractivity contribution in [1.29, 1.82) is 5.26 Å². The topological polar surface area (TPSA) is 121 Å². The summed E-state index contributed by atoms with van der Waals surface area (Å²) >= 11 is 0. The standard InChI is InChI=1S/C9H8N2O4S.K.H/c10-5-8(9(11)12)6-2-1-3-7(4-6)16(13,14)15;;/h1-4,8H,(H2,11,12)(H,13,14,15);;/q;+1;-1. The second kappa shape index (κ2) is 6.60. The minimum Gasteiger partial charge on any atom is -1.00 e. The molecule has 0 saturated heterocycles. The van der Waals surface area contributed by atoms with E-state index in [1.165, 1.54) is 12.1 Å². The van der Waals surface area contributed by atoms with Gasteiger partial charge in [0.15, 0.2) is 0 Å². The summed E-state index contributed by atoms with van der Waals surface area (Å²) in [6.07, 6.45) is 0. The molecule has 3 N–H and O–H groups in total. The summed E-state index contributed by atoms with van der Waals surface area (Å²) in [5.74, 6) is -2.11. The zero-order chi connectivity index (χ0) is 12.3. The van der Waals surface area contributed by atoms with E-state index in [0.29, 0.717) is 0 Å². The molecule has 0 bridgehead atoms. The fourth-order valence-electron chi connectivity index (χ4n) is 1.16. The van der Waals surface area contributed by atoms with Crippen LogP contribution in [-0.4, -0.2) is 18.9 Å². The van der Waals surface area contributed by atoms with Gasteiger partial charge in [-0.3, -0.25) is 9.35 Å². The van der Waals surface area contributed by atoms with Gasteiger partial charge in [-0.1, -0.05) is 12.1 Å². The molecule has 1 aromatic carbocycles. The number of hydrogen-bond acceptors (Lipinski definition) is 4. The average molecular weight is 280 g/mol. The maximum Gasteiger partial charge on any atom is 1.00 e. The van der Waals surface area contributed by atoms with E-state index in [9.17, 15) is 13.2 Å². The molecule has 6 nitrogen and oxygen atoms in total. The molecule has 17 heavy (non-hydrogen) atoms. The normalized spacial score (nSPS) is 12.0. The molecule has 0 saturated carbocycles. The summed E-state index contributed by atoms with van der Waals surface area (Å²) in [6.45, 7) is 0. The van der Waals surface area contributed by atoms with Gasteiger partial charge in [-0.25, -0.2) is 0 Å². The summed E-state index contributed by atoms with van der Waals surface area (Å²) in [6, 6.07) is 6.52. The predicted molar refractivity (Wildman–Crippen MR) is 54.9 cm³/mol. The van der Waals surface area contributed by atoms with Crippen LogP contribution in [0.4, 0.5) is 0 Å². The Bertz CT molecular complexity index is 570. The maximum atomic E-state index is 10.9. The SMILES string of the molecule is N#CC(C(N)=O)c1cccc(S(=O)(=O)O)c1.[H-].[K+]. The zero-order valence-corrected chi connectivity index (χ0v) is 12.9. The van der Waals surface area contributed by atoms with Crippen LogP contribution in [0.15, 0.2) is 29.2 Å². The zero-order valence-electron chi connectivity index (χ0n) is 9.99. The van der Waals surface area contributed by atoms with E-state index >= 15 is 0 Å². The Morgan fingerprint density at radius 3 is 2.53 bits per heavy atom. The minimum atomic E-state index is -4.35. The van der Waals surface area contributed by atoms with Gasteiger partial charge in [-0.15, -0.1) is 0 Å². The van der Waals surface area contributed by atoms with E-state index in [1.54, 1.807) is 6.07 Å². The summed E-state index contributed by atoms with van der Waals surface area (Å²) in [7, 11) is -4.35. The van der Waals surface area contributed by atoms with Gasteiger partial charge >= 0.3 is 51.4 Å². The Balaban J connectivity index is 0. The monoisotopic (exact) mass is 280 g/mol. The molecule has 0 aliphatic carbocycles. The number of carbonyl (C=O) groups excluding carboxylic acids is 1. The van der Waals surface area contributed by atoms with Crippen molar-refractivity contribution in [3.8, 4) is 6.07 Å². The smallest absolute Gasteiger partial charge is 1.00 e. The van der Waals surface area contributed by atoms with Crippen LogP contribution in [0.2, 0.25) is 0 Å². The van der Waals surface area contributed by atoms with Crippen LogP contribution in [0, 0.1) is 11.3 Å². The van der Waals surface area contributed by atoms with E-state index in [4.69, 9.17) is 15.5 Å². The van der Waals surface area contributed by atoms with Gasteiger partial charge in [0.25, 0.3) is 10.1 Å². The van der Waals surface area contributed by atoms with Crippen molar-refractivity contribution in [1.82, 2.24) is 0 Å². The van der Waals surface area contributed by atoms with E-state index in [0.717, 1.165) is 12.1 Å². The van der Waals surface area contributed by atoms with Crippen LogP contribution in [0.1, 0.15) is 12.9 Å². The Labute approximate surface area is 142 Å². The summed E-state index contributed by atoms with van der Waals surface area (Å²) in [5.41, 5.74) is 5.09. The largest absolute Gasteiger partial charge is 1.00 e. The van der Waals surface area contributed by atoms with E-state index in [1.807, 2.05) is 0 Å². The van der Waals surface area contributed by atoms with Crippen molar-refractivity contribution in [2.75, 3.05) is 0 Å². The van der Waals surface area contributed by atoms with Crippen molar-refractivity contribution in [2.24, 2.45) is 5.73 Å². The number of hydrogen-bond donors (Lipinski definition) is 2. The van der Waals surface area contributed by atoms with Gasteiger partial charge in [0, 0.05) is 0 Å². The Morgan fingerprint density at radius 2 is 2.12 bits per heavy atom. The molecule has 0 heterocycles. The van der Waals surface area contributed by atoms with Crippen molar-refractivity contribution in [3.05, 3.63) is 29.8 Å². The molecule has 0 aliphatic rings. The molecule has 1 aromatic rings. The molecule has 0 aliphatic heterocycles. The van der Waals surface area contributed by atoms with E-state index in [2.05, 4.69) is 0 Å². The van der Waals surface area contributed by atoms with Gasteiger partial charge in [0.1, 0.15) is 5.92 Å². The molecule has 8 heteroatoms. The summed E-state index contributed by atoms with van der Waals surface area (Å²) < 4.78 is 30.4. The first-order chi connectivity index (χ1) is 7.36. The minimum absolute atomic E-state index is 0. The quantitative estimate of drug-likeness (QED) is 0.456. The molecule has 0 spiro atoms. The number of amides is 1. The number of carbonyl (C=O) groups is 1. The molecule has 0 aromatic heterocycles. The van der Waals surface area contributed by atoms with Crippen LogP contribution in [-0.2, 0) is 14.9 Å². The van der Waals surface area contributed by atoms with Gasteiger partial charge in [-0.05, 0) is 17.7 Å². The van der Waals surface area contributed by atoms with Gasteiger partial charge in [-0.2, -0.15) is 13.7 Å². The first kappa shape index (κ1) is 16.7. The molecule has 1 rings (SSSR count). The van der Waals surface area contributed by atoms with Crippen molar-refractivity contribution in [2.45, 2.75) is 10.8 Å². The number of rotatable bonds is 3. The van der Waals surface area contributed by atoms with Gasteiger partial charge in [0.05, 0.1) is 11.0 Å². The first-order valence-corrected chi connectivity index (χ1v) is 5.56. The number of benzene rings is 1. The molecular weight excluding hydrogens is 271 g/mol. The molecule has 1 atom stereocenters. The fourth-order valence-corrected chi connectivity index (χ4v) is 1.69. The Hall–Kier alpha value is -0.274. The van der Waals surface area contributed by atoms with Crippen molar-refractivity contribution < 1.29 is 70.6 Å². The third-order valence-corrected chi connectivity index (χ3v) is 2.75. The number of nitrogens with zero attached hydrogens (tertiary/aromatic N) is 1. The third-order valence-electron chi connectivity index (χ3n) is 1.90. The van der Waals surface area contributed by atoms with Crippen LogP contribution in [0.5, 0.6) is 0 Å². The van der Waals surface area contributed by atoms with Crippen molar-refractivity contribution in [3.63, 3.8) is 0 Å². The number of nitriles is 1.